The Kier molecular flexibility index (Phi) is 11.1. The fourth-order valence-electron chi connectivity index (χ4n) is 0.771. The molecule has 0 aromatic heterocycles. The number of ether oxygens (including phenoxy) is 1. The predicted molar refractivity (Wildman–Crippen MR) is 60.4 cm³/mol. The van der Waals surface area contributed by atoms with E-state index >= 15 is 0 Å². The van der Waals surface area contributed by atoms with Gasteiger partial charge in [0, 0.05) is 0 Å². The predicted octanol–water partition coefficient (Wildman–Crippen LogP) is 4.20. The van der Waals surface area contributed by atoms with Crippen LogP contribution in [-0.4, -0.2) is 7.11 Å². The molecule has 0 unspecified atom stereocenters. The van der Waals surface area contributed by atoms with Crippen molar-refractivity contribution in [3.8, 4) is 5.75 Å². The third-order valence-corrected chi connectivity index (χ3v) is 1.31. The molecule has 0 amide bonds. The second-order valence-electron chi connectivity index (χ2n) is 2.14. The van der Waals surface area contributed by atoms with Crippen LogP contribution in [-0.2, 0) is 0 Å². The van der Waals surface area contributed by atoms with Gasteiger partial charge in [-0.3, -0.25) is 0 Å². The maximum Gasteiger partial charge on any atom is 0.165 e. The average Bonchev–Trinajstić information content (AvgIpc) is 2.24. The highest BCUT2D eigenvalue weighted by atomic mass is 19.1. The van der Waals surface area contributed by atoms with Crippen LogP contribution in [0.25, 0.3) is 0 Å². The summed E-state index contributed by atoms with van der Waals surface area (Å²) >= 11 is 0. The summed E-state index contributed by atoms with van der Waals surface area (Å²) in [6, 6.07) is 4.87. The van der Waals surface area contributed by atoms with Crippen molar-refractivity contribution in [3.63, 3.8) is 0 Å². The zero-order chi connectivity index (χ0) is 11.6. The minimum absolute atomic E-state index is 0.297. The Balaban J connectivity index is 0. The third kappa shape index (κ3) is 5.57. The molecule has 0 spiro atoms. The summed E-state index contributed by atoms with van der Waals surface area (Å²) in [5.74, 6) is -0.00639. The van der Waals surface area contributed by atoms with Gasteiger partial charge in [0.25, 0.3) is 0 Å². The molecule has 0 aliphatic rings. The van der Waals surface area contributed by atoms with Gasteiger partial charge in [-0.1, -0.05) is 33.8 Å². The van der Waals surface area contributed by atoms with Crippen LogP contribution in [0.3, 0.4) is 0 Å². The van der Waals surface area contributed by atoms with Crippen molar-refractivity contribution in [2.45, 2.75) is 34.6 Å². The topological polar surface area (TPSA) is 9.23 Å². The summed E-state index contributed by atoms with van der Waals surface area (Å²) in [5.41, 5.74) is 0.901. The van der Waals surface area contributed by atoms with Gasteiger partial charge < -0.3 is 4.74 Å². The van der Waals surface area contributed by atoms with Crippen LogP contribution in [0.5, 0.6) is 5.75 Å². The SMILES string of the molecule is CC.CC.COc1ccc(C)cc1F. The molecule has 1 aromatic carbocycles. The Bertz CT molecular complexity index is 234. The molecular formula is C12H21FO. The maximum atomic E-state index is 12.7. The highest BCUT2D eigenvalue weighted by Crippen LogP contribution is 2.16. The van der Waals surface area contributed by atoms with E-state index in [0.717, 1.165) is 5.56 Å². The zero-order valence-electron chi connectivity index (χ0n) is 10.0. The first-order valence-corrected chi connectivity index (χ1v) is 5.04. The first kappa shape index (κ1) is 15.4. The monoisotopic (exact) mass is 200 g/mol. The molecule has 0 bridgehead atoms. The average molecular weight is 200 g/mol. The summed E-state index contributed by atoms with van der Waals surface area (Å²) in [5, 5.41) is 0. The third-order valence-electron chi connectivity index (χ3n) is 1.31. The van der Waals surface area contributed by atoms with E-state index in [0.29, 0.717) is 5.75 Å². The summed E-state index contributed by atoms with van der Waals surface area (Å²) < 4.78 is 17.5. The van der Waals surface area contributed by atoms with Crippen LogP contribution in [0.4, 0.5) is 4.39 Å². The summed E-state index contributed by atoms with van der Waals surface area (Å²) in [6.45, 7) is 9.84. The molecule has 1 rings (SSSR count). The fraction of sp³-hybridized carbons (Fsp3) is 0.500. The lowest BCUT2D eigenvalue weighted by Crippen LogP contribution is -1.87. The Morgan fingerprint density at radius 1 is 1.07 bits per heavy atom. The Morgan fingerprint density at radius 2 is 1.57 bits per heavy atom. The maximum absolute atomic E-state index is 12.7. The number of hydrogen-bond acceptors (Lipinski definition) is 1. The Labute approximate surface area is 86.9 Å². The van der Waals surface area contributed by atoms with Crippen molar-refractivity contribution in [1.82, 2.24) is 0 Å². The first-order valence-electron chi connectivity index (χ1n) is 5.04. The molecule has 0 saturated carbocycles. The van der Waals surface area contributed by atoms with Crippen molar-refractivity contribution < 1.29 is 9.13 Å². The second-order valence-corrected chi connectivity index (χ2v) is 2.14. The smallest absolute Gasteiger partial charge is 0.165 e. The lowest BCUT2D eigenvalue weighted by Gasteiger charge is -2.00. The first-order chi connectivity index (χ1) is 6.74. The largest absolute Gasteiger partial charge is 0.494 e. The summed E-state index contributed by atoms with van der Waals surface area (Å²) in [6.07, 6.45) is 0. The lowest BCUT2D eigenvalue weighted by atomic mass is 10.2. The second kappa shape index (κ2) is 10.0. The van der Waals surface area contributed by atoms with Gasteiger partial charge in [0.2, 0.25) is 0 Å². The van der Waals surface area contributed by atoms with Crippen molar-refractivity contribution in [2.24, 2.45) is 0 Å². The van der Waals surface area contributed by atoms with Crippen molar-refractivity contribution in [1.29, 1.82) is 0 Å². The van der Waals surface area contributed by atoms with E-state index < -0.39 is 0 Å². The van der Waals surface area contributed by atoms with Crippen LogP contribution >= 0.6 is 0 Å². The van der Waals surface area contributed by atoms with Gasteiger partial charge in [-0.2, -0.15) is 0 Å². The molecule has 1 nitrogen and oxygen atoms in total. The highest BCUT2D eigenvalue weighted by Gasteiger charge is 1.98. The van der Waals surface area contributed by atoms with E-state index in [4.69, 9.17) is 4.74 Å². The van der Waals surface area contributed by atoms with Crippen LogP contribution in [0, 0.1) is 12.7 Å². The molecule has 1 aromatic rings. The molecule has 82 valence electrons. The number of benzene rings is 1. The van der Waals surface area contributed by atoms with Crippen LogP contribution in [0.2, 0.25) is 0 Å². The Morgan fingerprint density at radius 3 is 1.93 bits per heavy atom. The number of rotatable bonds is 1. The van der Waals surface area contributed by atoms with Crippen LogP contribution in [0.15, 0.2) is 18.2 Å². The van der Waals surface area contributed by atoms with Gasteiger partial charge in [-0.05, 0) is 24.6 Å². The zero-order valence-corrected chi connectivity index (χ0v) is 10.0. The molecule has 0 atom stereocenters. The van der Waals surface area contributed by atoms with Gasteiger partial charge in [-0.15, -0.1) is 0 Å². The molecule has 0 heterocycles. The molecule has 0 fully saturated rings. The number of hydrogen-bond donors (Lipinski definition) is 0. The highest BCUT2D eigenvalue weighted by molar-refractivity contribution is 5.28. The molecule has 0 aliphatic heterocycles. The minimum Gasteiger partial charge on any atom is -0.494 e. The van der Waals surface area contributed by atoms with Gasteiger partial charge in [0.1, 0.15) is 0 Å². The molecule has 14 heavy (non-hydrogen) atoms. The number of methoxy groups -OCH3 is 1. The molecule has 0 saturated heterocycles. The van der Waals surface area contributed by atoms with Gasteiger partial charge >= 0.3 is 0 Å². The minimum atomic E-state index is -0.303. The van der Waals surface area contributed by atoms with Gasteiger partial charge in [0.15, 0.2) is 11.6 Å². The summed E-state index contributed by atoms with van der Waals surface area (Å²) in [4.78, 5) is 0. The van der Waals surface area contributed by atoms with Gasteiger partial charge in [0.05, 0.1) is 7.11 Å². The molecule has 0 radical (unpaired) electrons. The van der Waals surface area contributed by atoms with Crippen LogP contribution in [0.1, 0.15) is 33.3 Å². The molecule has 0 aliphatic carbocycles. The quantitative estimate of drug-likeness (QED) is 0.660. The van der Waals surface area contributed by atoms with Crippen LogP contribution < -0.4 is 4.74 Å². The fourth-order valence-corrected chi connectivity index (χ4v) is 0.771. The van der Waals surface area contributed by atoms with Crippen molar-refractivity contribution >= 4 is 0 Å². The molecular weight excluding hydrogens is 179 g/mol. The van der Waals surface area contributed by atoms with Crippen molar-refractivity contribution in [3.05, 3.63) is 29.6 Å². The number of aryl methyl sites for hydroxylation is 1. The standard InChI is InChI=1S/C8H9FO.2C2H6/c1-6-3-4-8(10-2)7(9)5-6;2*1-2/h3-5H,1-2H3;2*1-2H3. The van der Waals surface area contributed by atoms with E-state index in [1.54, 1.807) is 6.07 Å². The van der Waals surface area contributed by atoms with E-state index in [9.17, 15) is 4.39 Å². The Hall–Kier alpha value is -1.05. The number of halogens is 1. The molecule has 2 heteroatoms. The van der Waals surface area contributed by atoms with Crippen molar-refractivity contribution in [2.75, 3.05) is 7.11 Å². The van der Waals surface area contributed by atoms with E-state index in [2.05, 4.69) is 0 Å². The van der Waals surface area contributed by atoms with E-state index in [1.807, 2.05) is 40.7 Å². The van der Waals surface area contributed by atoms with E-state index in [-0.39, 0.29) is 5.82 Å². The molecule has 0 N–H and O–H groups in total. The summed E-state index contributed by atoms with van der Waals surface area (Å²) in [7, 11) is 1.45. The normalized spacial score (nSPS) is 7.64. The van der Waals surface area contributed by atoms with E-state index in [1.165, 1.54) is 13.2 Å². The van der Waals surface area contributed by atoms with Gasteiger partial charge in [-0.25, -0.2) is 4.39 Å². The lowest BCUT2D eigenvalue weighted by molar-refractivity contribution is 0.386.